The van der Waals surface area contributed by atoms with Crippen LogP contribution in [0.1, 0.15) is 46.5 Å². The Morgan fingerprint density at radius 2 is 1.73 bits per heavy atom. The van der Waals surface area contributed by atoms with Crippen LogP contribution in [0.3, 0.4) is 0 Å². The van der Waals surface area contributed by atoms with Crippen LogP contribution in [0.15, 0.2) is 4.99 Å². The predicted octanol–water partition coefficient (Wildman–Crippen LogP) is 1.53. The largest absolute Gasteiger partial charge is 0.357 e. The summed E-state index contributed by atoms with van der Waals surface area (Å²) in [5.74, 6) is 1.20. The maximum atomic E-state index is 12.4. The molecule has 0 radical (unpaired) electrons. The normalized spacial score (nSPS) is 21.3. The van der Waals surface area contributed by atoms with Crippen LogP contribution >= 0.6 is 24.0 Å². The number of amides is 2. The Bertz CT molecular complexity index is 492. The van der Waals surface area contributed by atoms with E-state index in [4.69, 9.17) is 0 Å². The maximum Gasteiger partial charge on any atom is 0.224 e. The van der Waals surface area contributed by atoms with Crippen molar-refractivity contribution >= 4 is 41.8 Å². The van der Waals surface area contributed by atoms with Crippen molar-refractivity contribution in [3.63, 3.8) is 0 Å². The lowest BCUT2D eigenvalue weighted by molar-refractivity contribution is -0.134. The molecule has 2 heterocycles. The lowest BCUT2D eigenvalue weighted by atomic mass is 10.0. The Kier molecular flexibility index (Phi) is 10.3. The van der Waals surface area contributed by atoms with Gasteiger partial charge in [-0.05, 0) is 33.1 Å². The third kappa shape index (κ3) is 6.59. The number of hydrogen-bond acceptors (Lipinski definition) is 3. The number of likely N-dealkylation sites (tertiary alicyclic amines) is 1. The van der Waals surface area contributed by atoms with Gasteiger partial charge < -0.3 is 20.0 Å². The highest BCUT2D eigenvalue weighted by molar-refractivity contribution is 14.0. The van der Waals surface area contributed by atoms with Crippen LogP contribution in [0.4, 0.5) is 0 Å². The van der Waals surface area contributed by atoms with Crippen molar-refractivity contribution < 1.29 is 9.59 Å². The van der Waals surface area contributed by atoms with Crippen LogP contribution in [0.25, 0.3) is 0 Å². The minimum Gasteiger partial charge on any atom is -0.357 e. The fraction of sp³-hybridized carbons (Fsp3) is 0.833. The quantitative estimate of drug-likeness (QED) is 0.377. The molecule has 0 aromatic rings. The zero-order valence-corrected chi connectivity index (χ0v) is 18.7. The zero-order valence-electron chi connectivity index (χ0n) is 16.4. The second-order valence-electron chi connectivity index (χ2n) is 6.91. The molecule has 0 aliphatic carbocycles. The first kappa shape index (κ1) is 23.0. The first-order valence-electron chi connectivity index (χ1n) is 9.61. The lowest BCUT2D eigenvalue weighted by Gasteiger charge is -2.36. The first-order chi connectivity index (χ1) is 12.0. The Labute approximate surface area is 174 Å². The summed E-state index contributed by atoms with van der Waals surface area (Å²) in [6.45, 7) is 11.0. The second-order valence-corrected chi connectivity index (χ2v) is 6.91. The average Bonchev–Trinajstić information content (AvgIpc) is 2.61. The van der Waals surface area contributed by atoms with E-state index >= 15 is 0 Å². The van der Waals surface area contributed by atoms with Gasteiger partial charge in [0.25, 0.3) is 0 Å². The Morgan fingerprint density at radius 1 is 1.08 bits per heavy atom. The van der Waals surface area contributed by atoms with Gasteiger partial charge in [0.1, 0.15) is 0 Å². The number of carbonyl (C=O) groups is 2. The summed E-state index contributed by atoms with van der Waals surface area (Å²) in [5, 5.41) is 3.31. The molecule has 7 nitrogen and oxygen atoms in total. The topological polar surface area (TPSA) is 68.2 Å². The van der Waals surface area contributed by atoms with Crippen molar-refractivity contribution in [1.82, 2.24) is 20.0 Å². The zero-order chi connectivity index (χ0) is 18.2. The van der Waals surface area contributed by atoms with Crippen LogP contribution in [0, 0.1) is 0 Å². The van der Waals surface area contributed by atoms with Crippen molar-refractivity contribution in [1.29, 1.82) is 0 Å². The van der Waals surface area contributed by atoms with E-state index < -0.39 is 0 Å². The second kappa shape index (κ2) is 11.6. The van der Waals surface area contributed by atoms with Crippen molar-refractivity contribution in [2.24, 2.45) is 4.99 Å². The highest BCUT2D eigenvalue weighted by Gasteiger charge is 2.23. The molecule has 8 heteroatoms. The highest BCUT2D eigenvalue weighted by Crippen LogP contribution is 2.17. The molecular weight excluding hydrogens is 445 g/mol. The molecular formula is C18H34IN5O2. The number of nitrogens with one attached hydrogen (secondary N) is 1. The van der Waals surface area contributed by atoms with E-state index in [1.54, 1.807) is 6.92 Å². The third-order valence-corrected chi connectivity index (χ3v) is 5.07. The van der Waals surface area contributed by atoms with Gasteiger partial charge in [-0.1, -0.05) is 0 Å². The SMILES string of the molecule is CCNC(=NCCC(=O)N1CCCCC1C)N1CCN(C(C)=O)CC1.I. The molecule has 1 atom stereocenters. The smallest absolute Gasteiger partial charge is 0.224 e. The minimum absolute atomic E-state index is 0. The Balaban J connectivity index is 0.00000338. The molecule has 2 fully saturated rings. The molecule has 2 aliphatic rings. The van der Waals surface area contributed by atoms with E-state index in [0.29, 0.717) is 19.0 Å². The van der Waals surface area contributed by atoms with Crippen LogP contribution in [-0.2, 0) is 9.59 Å². The number of piperazine rings is 1. The van der Waals surface area contributed by atoms with Gasteiger partial charge in [-0.25, -0.2) is 0 Å². The van der Waals surface area contributed by atoms with Gasteiger partial charge in [0, 0.05) is 58.7 Å². The fourth-order valence-electron chi connectivity index (χ4n) is 3.53. The number of guanidine groups is 1. The molecule has 26 heavy (non-hydrogen) atoms. The molecule has 1 N–H and O–H groups in total. The molecule has 150 valence electrons. The summed E-state index contributed by atoms with van der Waals surface area (Å²) < 4.78 is 0. The summed E-state index contributed by atoms with van der Waals surface area (Å²) in [5.41, 5.74) is 0. The number of nitrogens with zero attached hydrogens (tertiary/aromatic N) is 4. The molecule has 2 amide bonds. The number of rotatable bonds is 4. The third-order valence-electron chi connectivity index (χ3n) is 5.07. The molecule has 0 saturated carbocycles. The van der Waals surface area contributed by atoms with Crippen molar-refractivity contribution in [2.75, 3.05) is 45.8 Å². The fourth-order valence-corrected chi connectivity index (χ4v) is 3.53. The average molecular weight is 479 g/mol. The molecule has 0 spiro atoms. The van der Waals surface area contributed by atoms with E-state index in [0.717, 1.165) is 58.1 Å². The Hall–Kier alpha value is -1.06. The van der Waals surface area contributed by atoms with E-state index in [2.05, 4.69) is 22.1 Å². The lowest BCUT2D eigenvalue weighted by Crippen LogP contribution is -2.53. The standard InChI is InChI=1S/C18H33N5O2.HI/c1-4-19-18(22-13-11-21(12-14-22)16(3)24)20-9-8-17(25)23-10-6-5-7-15(23)2;/h15H,4-14H2,1-3H3,(H,19,20);1H. The monoisotopic (exact) mass is 479 g/mol. The number of aliphatic imine (C=N–C) groups is 1. The van der Waals surface area contributed by atoms with Gasteiger partial charge in [0.05, 0.1) is 6.54 Å². The molecule has 2 saturated heterocycles. The predicted molar refractivity (Wildman–Crippen MR) is 115 cm³/mol. The van der Waals surface area contributed by atoms with Gasteiger partial charge in [-0.3, -0.25) is 14.6 Å². The summed E-state index contributed by atoms with van der Waals surface area (Å²) in [6, 6.07) is 0.359. The van der Waals surface area contributed by atoms with Crippen LogP contribution in [-0.4, -0.2) is 84.3 Å². The van der Waals surface area contributed by atoms with E-state index in [1.165, 1.54) is 6.42 Å². The number of hydrogen-bond donors (Lipinski definition) is 1. The van der Waals surface area contributed by atoms with E-state index in [1.807, 2.05) is 16.7 Å². The number of piperidine rings is 1. The van der Waals surface area contributed by atoms with Gasteiger partial charge >= 0.3 is 0 Å². The van der Waals surface area contributed by atoms with Crippen LogP contribution in [0.2, 0.25) is 0 Å². The molecule has 0 aromatic heterocycles. The van der Waals surface area contributed by atoms with Crippen molar-refractivity contribution in [2.45, 2.75) is 52.5 Å². The van der Waals surface area contributed by atoms with Gasteiger partial charge in [0.2, 0.25) is 11.8 Å². The van der Waals surface area contributed by atoms with E-state index in [9.17, 15) is 9.59 Å². The van der Waals surface area contributed by atoms with Crippen molar-refractivity contribution in [3.8, 4) is 0 Å². The summed E-state index contributed by atoms with van der Waals surface area (Å²) >= 11 is 0. The molecule has 1 unspecified atom stereocenters. The van der Waals surface area contributed by atoms with Gasteiger partial charge in [0.15, 0.2) is 5.96 Å². The Morgan fingerprint density at radius 3 is 2.31 bits per heavy atom. The van der Waals surface area contributed by atoms with Crippen LogP contribution in [0.5, 0.6) is 0 Å². The molecule has 2 rings (SSSR count). The van der Waals surface area contributed by atoms with E-state index in [-0.39, 0.29) is 35.8 Å². The number of halogens is 1. The molecule has 2 aliphatic heterocycles. The van der Waals surface area contributed by atoms with Crippen LogP contribution < -0.4 is 5.32 Å². The summed E-state index contributed by atoms with van der Waals surface area (Å²) in [7, 11) is 0. The molecule has 0 aromatic carbocycles. The minimum atomic E-state index is 0. The summed E-state index contributed by atoms with van der Waals surface area (Å²) in [4.78, 5) is 34.6. The van der Waals surface area contributed by atoms with Crippen molar-refractivity contribution in [3.05, 3.63) is 0 Å². The van der Waals surface area contributed by atoms with Gasteiger partial charge in [-0.15, -0.1) is 24.0 Å². The summed E-state index contributed by atoms with van der Waals surface area (Å²) in [6.07, 6.45) is 3.91. The maximum absolute atomic E-state index is 12.4. The van der Waals surface area contributed by atoms with Gasteiger partial charge in [-0.2, -0.15) is 0 Å². The first-order valence-corrected chi connectivity index (χ1v) is 9.61. The highest BCUT2D eigenvalue weighted by atomic mass is 127. The number of carbonyl (C=O) groups excluding carboxylic acids is 2. The molecule has 0 bridgehead atoms.